The predicted molar refractivity (Wildman–Crippen MR) is 92.2 cm³/mol. The van der Waals surface area contributed by atoms with E-state index in [0.717, 1.165) is 0 Å². The molecule has 0 atom stereocenters. The molecule has 0 saturated carbocycles. The third-order valence-electron chi connectivity index (χ3n) is 3.20. The molecule has 2 aromatic carbocycles. The number of carbonyl (C=O) groups excluding carboxylic acids is 2. The van der Waals surface area contributed by atoms with Crippen LogP contribution in [0.25, 0.3) is 6.08 Å². The number of hydrogen-bond acceptors (Lipinski definition) is 4. The summed E-state index contributed by atoms with van der Waals surface area (Å²) in [6.45, 7) is 0. The lowest BCUT2D eigenvalue weighted by atomic mass is 10.0. The molecule has 0 aliphatic heterocycles. The average Bonchev–Trinajstić information content (AvgIpc) is 2.59. The summed E-state index contributed by atoms with van der Waals surface area (Å²) < 4.78 is 4.61. The summed E-state index contributed by atoms with van der Waals surface area (Å²) in [4.78, 5) is 23.9. The van der Waals surface area contributed by atoms with Crippen molar-refractivity contribution < 1.29 is 14.3 Å². The highest BCUT2D eigenvalue weighted by Crippen LogP contribution is 2.27. The number of benzene rings is 2. The van der Waals surface area contributed by atoms with Gasteiger partial charge in [-0.25, -0.2) is 4.79 Å². The minimum Gasteiger partial charge on any atom is -0.465 e. The first kappa shape index (κ1) is 17.7. The Morgan fingerprint density at radius 2 is 1.67 bits per heavy atom. The normalized spacial score (nSPS) is 10.8. The van der Waals surface area contributed by atoms with Gasteiger partial charge in [-0.1, -0.05) is 41.4 Å². The van der Waals surface area contributed by atoms with Crippen LogP contribution in [0.1, 0.15) is 26.3 Å². The van der Waals surface area contributed by atoms with Crippen LogP contribution in [0.2, 0.25) is 10.0 Å². The van der Waals surface area contributed by atoms with Gasteiger partial charge in [0.25, 0.3) is 0 Å². The van der Waals surface area contributed by atoms with Crippen molar-refractivity contribution in [2.24, 2.45) is 0 Å². The number of nitriles is 1. The quantitative estimate of drug-likeness (QED) is 0.347. The zero-order valence-corrected chi connectivity index (χ0v) is 14.1. The summed E-state index contributed by atoms with van der Waals surface area (Å²) in [5.41, 5.74) is 0.917. The largest absolute Gasteiger partial charge is 0.465 e. The number of Topliss-reactive ketones (excluding diaryl/α,β-unsaturated/α-hetero) is 1. The smallest absolute Gasteiger partial charge is 0.337 e. The van der Waals surface area contributed by atoms with Gasteiger partial charge in [0.15, 0.2) is 0 Å². The molecule has 0 saturated heterocycles. The van der Waals surface area contributed by atoms with E-state index in [9.17, 15) is 14.9 Å². The van der Waals surface area contributed by atoms with Gasteiger partial charge < -0.3 is 4.74 Å². The minimum atomic E-state index is -0.565. The van der Waals surface area contributed by atoms with Crippen LogP contribution in [0.15, 0.2) is 48.0 Å². The molecular weight excluding hydrogens is 349 g/mol. The highest BCUT2D eigenvalue weighted by Gasteiger charge is 2.18. The zero-order valence-electron chi connectivity index (χ0n) is 12.5. The van der Waals surface area contributed by atoms with E-state index in [-0.39, 0.29) is 21.2 Å². The lowest BCUT2D eigenvalue weighted by Crippen LogP contribution is -2.04. The van der Waals surface area contributed by atoms with Gasteiger partial charge in [0.05, 0.1) is 28.3 Å². The summed E-state index contributed by atoms with van der Waals surface area (Å²) in [6, 6.07) is 12.8. The van der Waals surface area contributed by atoms with Gasteiger partial charge in [0.1, 0.15) is 11.6 Å². The lowest BCUT2D eigenvalue weighted by molar-refractivity contribution is 0.0600. The maximum atomic E-state index is 12.5. The van der Waals surface area contributed by atoms with E-state index in [2.05, 4.69) is 4.74 Å². The Bertz CT molecular complexity index is 845. The van der Waals surface area contributed by atoms with Gasteiger partial charge >= 0.3 is 5.97 Å². The fourth-order valence-corrected chi connectivity index (χ4v) is 2.57. The van der Waals surface area contributed by atoms with Crippen molar-refractivity contribution in [1.82, 2.24) is 0 Å². The summed E-state index contributed by atoms with van der Waals surface area (Å²) in [7, 11) is 1.29. The number of hydrogen-bond donors (Lipinski definition) is 0. The molecule has 120 valence electrons. The molecule has 2 aromatic rings. The van der Waals surface area contributed by atoms with Crippen LogP contribution >= 0.6 is 23.2 Å². The number of carbonyl (C=O) groups is 2. The molecular formula is C18H11Cl2NO3. The fourth-order valence-electron chi connectivity index (χ4n) is 2.00. The van der Waals surface area contributed by atoms with Gasteiger partial charge in [-0.3, -0.25) is 4.79 Å². The van der Waals surface area contributed by atoms with Crippen LogP contribution < -0.4 is 0 Å². The third-order valence-corrected chi connectivity index (χ3v) is 3.83. The van der Waals surface area contributed by atoms with Crippen LogP contribution in [0, 0.1) is 11.3 Å². The van der Waals surface area contributed by atoms with Crippen LogP contribution in [0.5, 0.6) is 0 Å². The predicted octanol–water partition coefficient (Wildman–Crippen LogP) is 4.57. The number of allylic oxidation sites excluding steroid dienone is 1. The van der Waals surface area contributed by atoms with E-state index in [1.807, 2.05) is 6.07 Å². The molecule has 0 bridgehead atoms. The lowest BCUT2D eigenvalue weighted by Gasteiger charge is -2.05. The Balaban J connectivity index is 2.38. The van der Waals surface area contributed by atoms with E-state index in [1.165, 1.54) is 25.3 Å². The van der Waals surface area contributed by atoms with E-state index in [0.29, 0.717) is 11.1 Å². The number of esters is 1. The molecule has 0 spiro atoms. The van der Waals surface area contributed by atoms with Crippen LogP contribution in [-0.2, 0) is 4.74 Å². The molecule has 4 nitrogen and oxygen atoms in total. The molecule has 0 aliphatic rings. The Labute approximate surface area is 148 Å². The maximum Gasteiger partial charge on any atom is 0.337 e. The first-order valence-electron chi connectivity index (χ1n) is 6.76. The van der Waals surface area contributed by atoms with Gasteiger partial charge in [-0.2, -0.15) is 5.26 Å². The van der Waals surface area contributed by atoms with Crippen molar-refractivity contribution in [2.45, 2.75) is 0 Å². The summed E-state index contributed by atoms with van der Waals surface area (Å²) in [5, 5.41) is 9.63. The van der Waals surface area contributed by atoms with Crippen LogP contribution in [0.4, 0.5) is 0 Å². The Morgan fingerprint density at radius 1 is 1.08 bits per heavy atom. The number of rotatable bonds is 4. The molecule has 24 heavy (non-hydrogen) atoms. The van der Waals surface area contributed by atoms with E-state index in [4.69, 9.17) is 23.2 Å². The number of halogens is 2. The van der Waals surface area contributed by atoms with E-state index >= 15 is 0 Å². The topological polar surface area (TPSA) is 67.2 Å². The molecule has 0 heterocycles. The van der Waals surface area contributed by atoms with Crippen molar-refractivity contribution in [3.05, 3.63) is 74.8 Å². The standard InChI is InChI=1S/C18H11Cl2NO3/c1-24-18(23)12-7-5-11(6-8-12)9-13(10-21)17(22)16-14(19)3-2-4-15(16)20/h2-9H,1H3/b13-9+. The van der Waals surface area contributed by atoms with E-state index < -0.39 is 11.8 Å². The van der Waals surface area contributed by atoms with Crippen LogP contribution in [-0.4, -0.2) is 18.9 Å². The van der Waals surface area contributed by atoms with Crippen molar-refractivity contribution >= 4 is 41.0 Å². The molecule has 0 fully saturated rings. The number of ether oxygens (including phenoxy) is 1. The Hall–Kier alpha value is -2.61. The van der Waals surface area contributed by atoms with Crippen molar-refractivity contribution in [3.63, 3.8) is 0 Å². The first-order chi connectivity index (χ1) is 11.5. The molecule has 2 rings (SSSR count). The monoisotopic (exact) mass is 359 g/mol. The molecule has 0 radical (unpaired) electrons. The van der Waals surface area contributed by atoms with Gasteiger partial charge in [0.2, 0.25) is 5.78 Å². The number of nitrogens with zero attached hydrogens (tertiary/aromatic N) is 1. The Kier molecular flexibility index (Phi) is 5.75. The van der Waals surface area contributed by atoms with Crippen molar-refractivity contribution in [3.8, 4) is 6.07 Å². The molecule has 0 unspecified atom stereocenters. The second-order valence-electron chi connectivity index (χ2n) is 4.71. The Morgan fingerprint density at radius 3 is 2.17 bits per heavy atom. The van der Waals surface area contributed by atoms with Crippen molar-refractivity contribution in [1.29, 1.82) is 5.26 Å². The second kappa shape index (κ2) is 7.78. The molecule has 6 heteroatoms. The number of ketones is 1. The first-order valence-corrected chi connectivity index (χ1v) is 7.52. The highest BCUT2D eigenvalue weighted by atomic mass is 35.5. The summed E-state index contributed by atoms with van der Waals surface area (Å²) >= 11 is 12.0. The van der Waals surface area contributed by atoms with Gasteiger partial charge in [-0.05, 0) is 35.9 Å². The maximum absolute atomic E-state index is 12.5. The highest BCUT2D eigenvalue weighted by molar-refractivity contribution is 6.41. The molecule has 0 amide bonds. The molecule has 0 aromatic heterocycles. The minimum absolute atomic E-state index is 0.0832. The van der Waals surface area contributed by atoms with Crippen molar-refractivity contribution in [2.75, 3.05) is 7.11 Å². The SMILES string of the molecule is COC(=O)c1ccc(/C=C(\C#N)C(=O)c2c(Cl)cccc2Cl)cc1. The summed E-state index contributed by atoms with van der Waals surface area (Å²) in [6.07, 6.45) is 1.41. The van der Waals surface area contributed by atoms with Gasteiger partial charge in [-0.15, -0.1) is 0 Å². The zero-order chi connectivity index (χ0) is 17.7. The average molecular weight is 360 g/mol. The third kappa shape index (κ3) is 3.83. The number of methoxy groups -OCH3 is 1. The molecule has 0 aliphatic carbocycles. The summed E-state index contributed by atoms with van der Waals surface area (Å²) in [5.74, 6) is -1.03. The second-order valence-corrected chi connectivity index (χ2v) is 5.52. The molecule has 0 N–H and O–H groups in total. The fraction of sp³-hybridized carbons (Fsp3) is 0.0556. The van der Waals surface area contributed by atoms with E-state index in [1.54, 1.807) is 30.3 Å². The van der Waals surface area contributed by atoms with Gasteiger partial charge in [0, 0.05) is 0 Å². The van der Waals surface area contributed by atoms with Crippen LogP contribution in [0.3, 0.4) is 0 Å².